The van der Waals surface area contributed by atoms with E-state index in [2.05, 4.69) is 10.3 Å². The van der Waals surface area contributed by atoms with Crippen molar-refractivity contribution < 1.29 is 14.3 Å². The first-order valence-corrected chi connectivity index (χ1v) is 9.21. The minimum atomic E-state index is -0.0919. The number of nitrogens with zero attached hydrogens (tertiary/aromatic N) is 1. The molecule has 0 saturated carbocycles. The molecule has 1 amide bonds. The number of amides is 1. The van der Waals surface area contributed by atoms with Crippen LogP contribution in [-0.4, -0.2) is 44.4 Å². The summed E-state index contributed by atoms with van der Waals surface area (Å²) in [5.41, 5.74) is 0.739. The van der Waals surface area contributed by atoms with E-state index in [0.717, 1.165) is 22.0 Å². The van der Waals surface area contributed by atoms with Crippen molar-refractivity contribution in [1.29, 1.82) is 0 Å². The third kappa shape index (κ3) is 5.54. The molecule has 0 aliphatic carbocycles. The number of methoxy groups -OCH3 is 1. The van der Waals surface area contributed by atoms with Crippen LogP contribution in [0.4, 0.5) is 0 Å². The van der Waals surface area contributed by atoms with Gasteiger partial charge in [-0.2, -0.15) is 0 Å². The van der Waals surface area contributed by atoms with Crippen molar-refractivity contribution in [3.05, 3.63) is 27.0 Å². The van der Waals surface area contributed by atoms with E-state index in [4.69, 9.17) is 21.1 Å². The number of aromatic nitrogens is 1. The number of hydrogen-bond donors (Lipinski definition) is 1. The van der Waals surface area contributed by atoms with Crippen molar-refractivity contribution in [2.75, 3.05) is 33.5 Å². The Morgan fingerprint density at radius 3 is 2.83 bits per heavy atom. The SMILES string of the molecule is COCCOCCCNC(=O)c1sc(-c2ccc(Cl)s2)nc1C. The van der Waals surface area contributed by atoms with Gasteiger partial charge in [0.05, 0.1) is 28.1 Å². The number of nitrogens with one attached hydrogen (secondary N) is 1. The van der Waals surface area contributed by atoms with Crippen molar-refractivity contribution in [3.8, 4) is 9.88 Å². The summed E-state index contributed by atoms with van der Waals surface area (Å²) in [7, 11) is 1.64. The van der Waals surface area contributed by atoms with E-state index in [0.29, 0.717) is 35.6 Å². The summed E-state index contributed by atoms with van der Waals surface area (Å²) in [5.74, 6) is -0.0919. The molecular formula is C15H19ClN2O3S2. The van der Waals surface area contributed by atoms with Crippen LogP contribution in [0, 0.1) is 6.92 Å². The van der Waals surface area contributed by atoms with Gasteiger partial charge in [0, 0.05) is 20.3 Å². The Morgan fingerprint density at radius 1 is 1.30 bits per heavy atom. The lowest BCUT2D eigenvalue weighted by atomic mass is 10.3. The molecular weight excluding hydrogens is 356 g/mol. The van der Waals surface area contributed by atoms with Crippen molar-refractivity contribution in [1.82, 2.24) is 10.3 Å². The van der Waals surface area contributed by atoms with E-state index in [1.807, 2.05) is 19.1 Å². The largest absolute Gasteiger partial charge is 0.382 e. The number of rotatable bonds is 9. The molecule has 0 spiro atoms. The van der Waals surface area contributed by atoms with Gasteiger partial charge in [-0.3, -0.25) is 4.79 Å². The Balaban J connectivity index is 1.82. The number of ether oxygens (including phenoxy) is 2. The van der Waals surface area contributed by atoms with Crippen LogP contribution < -0.4 is 5.32 Å². The molecule has 0 aliphatic heterocycles. The maximum atomic E-state index is 12.2. The second kappa shape index (κ2) is 9.34. The molecule has 0 unspecified atom stereocenters. The average Bonchev–Trinajstić information content (AvgIpc) is 3.12. The monoisotopic (exact) mass is 374 g/mol. The predicted octanol–water partition coefficient (Wildman–Crippen LogP) is 3.62. The number of thiophene rings is 1. The summed E-state index contributed by atoms with van der Waals surface area (Å²) < 4.78 is 11.0. The average molecular weight is 375 g/mol. The predicted molar refractivity (Wildman–Crippen MR) is 94.8 cm³/mol. The second-order valence-electron chi connectivity index (χ2n) is 4.75. The van der Waals surface area contributed by atoms with Crippen LogP contribution in [0.15, 0.2) is 12.1 Å². The lowest BCUT2D eigenvalue weighted by Gasteiger charge is -2.05. The molecule has 2 rings (SSSR count). The van der Waals surface area contributed by atoms with Crippen molar-refractivity contribution in [2.24, 2.45) is 0 Å². The Hall–Kier alpha value is -0.990. The maximum Gasteiger partial charge on any atom is 0.263 e. The number of aryl methyl sites for hydroxylation is 1. The molecule has 0 bridgehead atoms. The van der Waals surface area contributed by atoms with Gasteiger partial charge in [-0.05, 0) is 25.5 Å². The molecule has 2 aromatic rings. The molecule has 23 heavy (non-hydrogen) atoms. The molecule has 0 fully saturated rings. The molecule has 0 aromatic carbocycles. The zero-order valence-electron chi connectivity index (χ0n) is 13.1. The van der Waals surface area contributed by atoms with Gasteiger partial charge in [-0.25, -0.2) is 4.98 Å². The molecule has 0 aliphatic rings. The topological polar surface area (TPSA) is 60.5 Å². The molecule has 8 heteroatoms. The van der Waals surface area contributed by atoms with E-state index >= 15 is 0 Å². The molecule has 0 saturated heterocycles. The number of carbonyl (C=O) groups is 1. The standard InChI is InChI=1S/C15H19ClN2O3S2/c1-10-13(14(19)17-6-3-7-21-9-8-20-2)23-15(18-10)11-4-5-12(16)22-11/h4-5H,3,6-9H2,1-2H3,(H,17,19). The lowest BCUT2D eigenvalue weighted by molar-refractivity contribution is 0.0688. The van der Waals surface area contributed by atoms with E-state index < -0.39 is 0 Å². The van der Waals surface area contributed by atoms with E-state index in [9.17, 15) is 4.79 Å². The van der Waals surface area contributed by atoms with Crippen molar-refractivity contribution in [3.63, 3.8) is 0 Å². The first-order valence-electron chi connectivity index (χ1n) is 7.20. The fraction of sp³-hybridized carbons (Fsp3) is 0.467. The molecule has 2 aromatic heterocycles. The molecule has 2 heterocycles. The molecule has 0 atom stereocenters. The van der Waals surface area contributed by atoms with Gasteiger partial charge in [-0.1, -0.05) is 11.6 Å². The number of carbonyl (C=O) groups excluding carboxylic acids is 1. The van der Waals surface area contributed by atoms with Crippen LogP contribution in [0.1, 0.15) is 21.8 Å². The maximum absolute atomic E-state index is 12.2. The zero-order chi connectivity index (χ0) is 16.7. The van der Waals surface area contributed by atoms with Crippen molar-refractivity contribution in [2.45, 2.75) is 13.3 Å². The summed E-state index contributed by atoms with van der Waals surface area (Å²) in [6.45, 7) is 4.18. The summed E-state index contributed by atoms with van der Waals surface area (Å²) in [6, 6.07) is 3.76. The molecule has 126 valence electrons. The molecule has 5 nitrogen and oxygen atoms in total. The van der Waals surface area contributed by atoms with Gasteiger partial charge in [0.2, 0.25) is 0 Å². The van der Waals surface area contributed by atoms with Crippen molar-refractivity contribution >= 4 is 40.2 Å². The summed E-state index contributed by atoms with van der Waals surface area (Å²) in [5, 5.41) is 3.72. The van der Waals surface area contributed by atoms with E-state index in [1.54, 1.807) is 7.11 Å². The van der Waals surface area contributed by atoms with Gasteiger partial charge in [-0.15, -0.1) is 22.7 Å². The Morgan fingerprint density at radius 2 is 2.13 bits per heavy atom. The highest BCUT2D eigenvalue weighted by molar-refractivity contribution is 7.24. The van der Waals surface area contributed by atoms with E-state index in [-0.39, 0.29) is 5.91 Å². The van der Waals surface area contributed by atoms with Gasteiger partial charge < -0.3 is 14.8 Å². The van der Waals surface area contributed by atoms with Crippen LogP contribution in [-0.2, 0) is 9.47 Å². The van der Waals surface area contributed by atoms with Crippen LogP contribution >= 0.6 is 34.3 Å². The van der Waals surface area contributed by atoms with Gasteiger partial charge >= 0.3 is 0 Å². The normalized spacial score (nSPS) is 10.9. The van der Waals surface area contributed by atoms with Crippen LogP contribution in [0.2, 0.25) is 4.34 Å². The summed E-state index contributed by atoms with van der Waals surface area (Å²) in [4.78, 5) is 18.3. The minimum absolute atomic E-state index is 0.0919. The Bertz CT molecular complexity index is 642. The highest BCUT2D eigenvalue weighted by Crippen LogP contribution is 2.34. The highest BCUT2D eigenvalue weighted by Gasteiger charge is 2.16. The fourth-order valence-electron chi connectivity index (χ4n) is 1.84. The smallest absolute Gasteiger partial charge is 0.263 e. The Kier molecular flexibility index (Phi) is 7.45. The number of hydrogen-bond acceptors (Lipinski definition) is 6. The lowest BCUT2D eigenvalue weighted by Crippen LogP contribution is -2.25. The molecule has 0 radical (unpaired) electrons. The van der Waals surface area contributed by atoms with Gasteiger partial charge in [0.15, 0.2) is 0 Å². The highest BCUT2D eigenvalue weighted by atomic mass is 35.5. The first kappa shape index (κ1) is 18.4. The van der Waals surface area contributed by atoms with Crippen LogP contribution in [0.5, 0.6) is 0 Å². The Labute approximate surface area is 148 Å². The van der Waals surface area contributed by atoms with Crippen LogP contribution in [0.3, 0.4) is 0 Å². The fourth-order valence-corrected chi connectivity index (χ4v) is 3.92. The van der Waals surface area contributed by atoms with E-state index in [1.165, 1.54) is 22.7 Å². The number of halogens is 1. The number of thiazole rings is 1. The minimum Gasteiger partial charge on any atom is -0.382 e. The van der Waals surface area contributed by atoms with Gasteiger partial charge in [0.25, 0.3) is 5.91 Å². The summed E-state index contributed by atoms with van der Waals surface area (Å²) >= 11 is 8.80. The third-order valence-corrected chi connectivity index (χ3v) is 5.53. The first-order chi connectivity index (χ1) is 11.1. The van der Waals surface area contributed by atoms with Crippen LogP contribution in [0.25, 0.3) is 9.88 Å². The zero-order valence-corrected chi connectivity index (χ0v) is 15.4. The third-order valence-electron chi connectivity index (χ3n) is 2.97. The molecule has 1 N–H and O–H groups in total. The second-order valence-corrected chi connectivity index (χ2v) is 7.47. The van der Waals surface area contributed by atoms with Gasteiger partial charge in [0.1, 0.15) is 9.88 Å². The summed E-state index contributed by atoms with van der Waals surface area (Å²) in [6.07, 6.45) is 0.765. The quantitative estimate of drug-likeness (QED) is 0.681.